The number of esters is 1. The Bertz CT molecular complexity index is 836. The van der Waals surface area contributed by atoms with Crippen LogP contribution in [0.2, 0.25) is 0 Å². The molecule has 7 heteroatoms. The van der Waals surface area contributed by atoms with Crippen molar-refractivity contribution in [3.63, 3.8) is 0 Å². The number of carbonyl (C=O) groups excluding carboxylic acids is 1. The van der Waals surface area contributed by atoms with Crippen LogP contribution < -0.4 is 10.6 Å². The molecular formula is C24H34N4O2S. The fraction of sp³-hybridized carbons (Fsp3) is 0.500. The van der Waals surface area contributed by atoms with E-state index in [1.54, 1.807) is 0 Å². The molecule has 2 heterocycles. The summed E-state index contributed by atoms with van der Waals surface area (Å²) in [4.78, 5) is 20.4. The summed E-state index contributed by atoms with van der Waals surface area (Å²) in [5.41, 5.74) is 1.74. The fourth-order valence-corrected chi connectivity index (χ4v) is 5.14. The largest absolute Gasteiger partial charge is 0.465 e. The number of piperidine rings is 1. The summed E-state index contributed by atoms with van der Waals surface area (Å²) < 4.78 is 4.75. The summed E-state index contributed by atoms with van der Waals surface area (Å²) in [6.45, 7) is 5.67. The maximum absolute atomic E-state index is 11.6. The highest BCUT2D eigenvalue weighted by atomic mass is 32.1. The lowest BCUT2D eigenvalue weighted by atomic mass is 9.88. The molecule has 1 saturated heterocycles. The number of carbonyl (C=O) groups is 1. The predicted molar refractivity (Wildman–Crippen MR) is 128 cm³/mol. The van der Waals surface area contributed by atoms with E-state index in [9.17, 15) is 4.79 Å². The first kappa shape index (κ1) is 23.3. The third kappa shape index (κ3) is 6.55. The average Bonchev–Trinajstić information content (AvgIpc) is 3.31. The lowest BCUT2D eigenvalue weighted by Crippen LogP contribution is -2.40. The predicted octanol–water partition coefficient (Wildman–Crippen LogP) is 3.72. The van der Waals surface area contributed by atoms with Crippen LogP contribution in [0.3, 0.4) is 0 Å². The van der Waals surface area contributed by atoms with Gasteiger partial charge in [-0.15, -0.1) is 11.3 Å². The molecule has 168 valence electrons. The topological polar surface area (TPSA) is 66.0 Å². The number of likely N-dealkylation sites (tertiary alicyclic amines) is 1. The van der Waals surface area contributed by atoms with E-state index in [4.69, 9.17) is 9.73 Å². The number of nitrogens with one attached hydrogen (secondary N) is 2. The number of benzene rings is 1. The van der Waals surface area contributed by atoms with Gasteiger partial charge < -0.3 is 15.4 Å². The van der Waals surface area contributed by atoms with Gasteiger partial charge in [0.25, 0.3) is 0 Å². The Morgan fingerprint density at radius 2 is 2.06 bits per heavy atom. The van der Waals surface area contributed by atoms with Gasteiger partial charge in [-0.25, -0.2) is 4.79 Å². The second kappa shape index (κ2) is 11.9. The molecule has 1 aliphatic heterocycles. The van der Waals surface area contributed by atoms with Crippen LogP contribution >= 0.6 is 11.3 Å². The first-order valence-electron chi connectivity index (χ1n) is 11.1. The molecule has 1 aromatic carbocycles. The highest BCUT2D eigenvalue weighted by molar-refractivity contribution is 7.10. The molecule has 0 amide bonds. The van der Waals surface area contributed by atoms with E-state index in [0.717, 1.165) is 38.6 Å². The van der Waals surface area contributed by atoms with Crippen molar-refractivity contribution in [2.75, 3.05) is 40.3 Å². The van der Waals surface area contributed by atoms with Gasteiger partial charge in [0.15, 0.2) is 5.96 Å². The molecule has 31 heavy (non-hydrogen) atoms. The molecule has 1 fully saturated rings. The third-order valence-electron chi connectivity index (χ3n) is 5.75. The fourth-order valence-electron chi connectivity index (χ4n) is 4.16. The van der Waals surface area contributed by atoms with Crippen molar-refractivity contribution >= 4 is 23.3 Å². The van der Waals surface area contributed by atoms with Crippen molar-refractivity contribution in [3.8, 4) is 0 Å². The summed E-state index contributed by atoms with van der Waals surface area (Å²) in [5, 5.41) is 8.99. The molecule has 1 aromatic heterocycles. The Hall–Kier alpha value is -2.38. The molecule has 2 unspecified atom stereocenters. The minimum Gasteiger partial charge on any atom is -0.465 e. The number of aliphatic imine (C=N–C) groups is 1. The number of guanidine groups is 1. The van der Waals surface area contributed by atoms with Crippen molar-refractivity contribution in [1.29, 1.82) is 0 Å². The quantitative estimate of drug-likeness (QED) is 0.371. The van der Waals surface area contributed by atoms with Crippen LogP contribution in [0.25, 0.3) is 0 Å². The summed E-state index contributed by atoms with van der Waals surface area (Å²) in [6, 6.07) is 12.4. The monoisotopic (exact) mass is 442 g/mol. The van der Waals surface area contributed by atoms with Crippen LogP contribution in [0.4, 0.5) is 0 Å². The van der Waals surface area contributed by atoms with E-state index in [-0.39, 0.29) is 5.97 Å². The van der Waals surface area contributed by atoms with Gasteiger partial charge in [-0.05, 0) is 74.8 Å². The minimum atomic E-state index is -0.305. The normalized spacial score (nSPS) is 19.8. The number of nitrogens with zero attached hydrogens (tertiary/aromatic N) is 2. The van der Waals surface area contributed by atoms with Crippen LogP contribution in [0.15, 0.2) is 46.8 Å². The average molecular weight is 443 g/mol. The molecule has 2 aromatic rings. The SMILES string of the molecule is CCNC(=NCC1CCCN(C)C1c1cccs1)NCCc1ccc(C(=O)OC)cc1. The van der Waals surface area contributed by atoms with E-state index in [2.05, 4.69) is 47.0 Å². The second-order valence-corrected chi connectivity index (χ2v) is 8.91. The van der Waals surface area contributed by atoms with E-state index in [1.807, 2.05) is 35.6 Å². The van der Waals surface area contributed by atoms with Crippen LogP contribution in [-0.2, 0) is 11.2 Å². The zero-order valence-corrected chi connectivity index (χ0v) is 19.6. The number of rotatable bonds is 8. The van der Waals surface area contributed by atoms with Crippen molar-refractivity contribution in [3.05, 3.63) is 57.8 Å². The van der Waals surface area contributed by atoms with Gasteiger partial charge >= 0.3 is 5.97 Å². The molecule has 0 spiro atoms. The van der Waals surface area contributed by atoms with Crippen molar-refractivity contribution in [2.45, 2.75) is 32.2 Å². The van der Waals surface area contributed by atoms with Gasteiger partial charge in [0, 0.05) is 30.6 Å². The number of methoxy groups -OCH3 is 1. The Morgan fingerprint density at radius 1 is 1.26 bits per heavy atom. The van der Waals surface area contributed by atoms with Gasteiger partial charge in [-0.3, -0.25) is 9.89 Å². The lowest BCUT2D eigenvalue weighted by molar-refractivity contribution is 0.0600. The van der Waals surface area contributed by atoms with Gasteiger partial charge in [0.2, 0.25) is 0 Å². The molecule has 0 radical (unpaired) electrons. The molecule has 2 N–H and O–H groups in total. The Morgan fingerprint density at radius 3 is 2.74 bits per heavy atom. The van der Waals surface area contributed by atoms with E-state index in [0.29, 0.717) is 17.5 Å². The van der Waals surface area contributed by atoms with E-state index < -0.39 is 0 Å². The first-order valence-corrected chi connectivity index (χ1v) is 11.9. The number of ether oxygens (including phenoxy) is 1. The highest BCUT2D eigenvalue weighted by Crippen LogP contribution is 2.37. The van der Waals surface area contributed by atoms with E-state index in [1.165, 1.54) is 30.4 Å². The standard InChI is InChI=1S/C24H34N4O2S/c1-4-25-24(26-14-13-18-9-11-19(12-10-18)23(29)30-3)27-17-20-7-5-15-28(2)22(20)21-8-6-16-31-21/h6,8-12,16,20,22H,4-5,7,13-15,17H2,1-3H3,(H2,25,26,27). The molecule has 1 aliphatic rings. The van der Waals surface area contributed by atoms with Crippen molar-refractivity contribution in [2.24, 2.45) is 10.9 Å². The molecular weight excluding hydrogens is 408 g/mol. The summed E-state index contributed by atoms with van der Waals surface area (Å²) in [5.74, 6) is 1.09. The van der Waals surface area contributed by atoms with Gasteiger partial charge in [-0.1, -0.05) is 18.2 Å². The molecule has 0 saturated carbocycles. The van der Waals surface area contributed by atoms with E-state index >= 15 is 0 Å². The maximum atomic E-state index is 11.6. The zero-order valence-electron chi connectivity index (χ0n) is 18.8. The van der Waals surface area contributed by atoms with Crippen molar-refractivity contribution < 1.29 is 9.53 Å². The first-order chi connectivity index (χ1) is 15.1. The van der Waals surface area contributed by atoms with Crippen molar-refractivity contribution in [1.82, 2.24) is 15.5 Å². The molecule has 2 atom stereocenters. The molecule has 0 bridgehead atoms. The van der Waals surface area contributed by atoms with Gasteiger partial charge in [-0.2, -0.15) is 0 Å². The smallest absolute Gasteiger partial charge is 0.337 e. The molecule has 0 aliphatic carbocycles. The molecule has 3 rings (SSSR count). The minimum absolute atomic E-state index is 0.305. The summed E-state index contributed by atoms with van der Waals surface area (Å²) >= 11 is 1.85. The van der Waals surface area contributed by atoms with Crippen LogP contribution in [0.1, 0.15) is 46.6 Å². The Labute approximate surface area is 189 Å². The van der Waals surface area contributed by atoms with Gasteiger partial charge in [0.1, 0.15) is 0 Å². The maximum Gasteiger partial charge on any atom is 0.337 e. The van der Waals surface area contributed by atoms with Crippen LogP contribution in [0, 0.1) is 5.92 Å². The molecule has 6 nitrogen and oxygen atoms in total. The number of hydrogen-bond donors (Lipinski definition) is 2. The second-order valence-electron chi connectivity index (χ2n) is 7.93. The number of thiophene rings is 1. The lowest BCUT2D eigenvalue weighted by Gasteiger charge is -2.38. The Kier molecular flexibility index (Phi) is 8.91. The Balaban J connectivity index is 1.56. The van der Waals surface area contributed by atoms with Gasteiger partial charge in [0.05, 0.1) is 12.7 Å². The zero-order chi connectivity index (χ0) is 22.1. The third-order valence-corrected chi connectivity index (χ3v) is 6.69. The van der Waals surface area contributed by atoms with Crippen LogP contribution in [0.5, 0.6) is 0 Å². The summed E-state index contributed by atoms with van der Waals surface area (Å²) in [6.07, 6.45) is 3.29. The van der Waals surface area contributed by atoms with Crippen LogP contribution in [-0.4, -0.2) is 57.2 Å². The highest BCUT2D eigenvalue weighted by Gasteiger charge is 2.31. The summed E-state index contributed by atoms with van der Waals surface area (Å²) in [7, 11) is 3.63. The number of hydrogen-bond acceptors (Lipinski definition) is 5.